The van der Waals surface area contributed by atoms with Crippen LogP contribution in [0.2, 0.25) is 0 Å². The molecule has 2 aromatic carbocycles. The number of carboxylic acid groups (broad SMARTS) is 1. The van der Waals surface area contributed by atoms with Gasteiger partial charge < -0.3 is 24.9 Å². The molecule has 0 spiro atoms. The highest BCUT2D eigenvalue weighted by molar-refractivity contribution is 7.11. The maximum absolute atomic E-state index is 14.2. The molecule has 0 unspecified atom stereocenters. The molecule has 0 saturated heterocycles. The van der Waals surface area contributed by atoms with Crippen molar-refractivity contribution in [3.05, 3.63) is 76.9 Å². The quantitative estimate of drug-likeness (QED) is 0.206. The number of rotatable bonds is 9. The number of carbonyl (C=O) groups is 1. The minimum absolute atomic E-state index is 0.111. The number of anilines is 1. The minimum Gasteiger partial charge on any atom is -0.488 e. The van der Waals surface area contributed by atoms with Crippen molar-refractivity contribution in [1.29, 1.82) is 0 Å². The molecule has 220 valence electrons. The molecule has 0 bridgehead atoms. The van der Waals surface area contributed by atoms with Crippen molar-refractivity contribution < 1.29 is 23.8 Å². The number of nitrogens with zero attached hydrogens (tertiary/aromatic N) is 5. The Morgan fingerprint density at radius 3 is 2.40 bits per heavy atom. The second kappa shape index (κ2) is 13.4. The van der Waals surface area contributed by atoms with Crippen LogP contribution in [-0.4, -0.2) is 56.1 Å². The zero-order valence-electron chi connectivity index (χ0n) is 24.0. The number of nitrogens with two attached hydrogens (primary N) is 1. The third-order valence-electron chi connectivity index (χ3n) is 5.94. The lowest BCUT2D eigenvalue weighted by molar-refractivity contribution is -0.137. The van der Waals surface area contributed by atoms with Crippen LogP contribution >= 0.6 is 11.3 Å². The van der Waals surface area contributed by atoms with Crippen molar-refractivity contribution in [2.24, 2.45) is 0 Å². The van der Waals surface area contributed by atoms with Gasteiger partial charge in [-0.15, -0.1) is 11.3 Å². The fourth-order valence-corrected chi connectivity index (χ4v) is 4.84. The predicted octanol–water partition coefficient (Wildman–Crippen LogP) is 6.17. The normalized spacial score (nSPS) is 11.0. The predicted molar refractivity (Wildman–Crippen MR) is 162 cm³/mol. The summed E-state index contributed by atoms with van der Waals surface area (Å²) in [5.41, 5.74) is 8.88. The van der Waals surface area contributed by atoms with Crippen molar-refractivity contribution in [3.8, 4) is 28.4 Å². The Balaban J connectivity index is 0.000000517. The van der Waals surface area contributed by atoms with E-state index in [-0.39, 0.29) is 12.6 Å². The van der Waals surface area contributed by atoms with E-state index in [4.69, 9.17) is 20.3 Å². The summed E-state index contributed by atoms with van der Waals surface area (Å²) >= 11 is 1.54. The number of hydrogen-bond donors (Lipinski definition) is 2. The van der Waals surface area contributed by atoms with E-state index in [0.717, 1.165) is 32.0 Å². The monoisotopic (exact) mass is 592 g/mol. The van der Waals surface area contributed by atoms with Crippen molar-refractivity contribution >= 4 is 34.2 Å². The topological polar surface area (TPSA) is 129 Å². The second-order valence-corrected chi connectivity index (χ2v) is 11.3. The summed E-state index contributed by atoms with van der Waals surface area (Å²) in [7, 11) is 3.43. The number of carboxylic acids is 1. The fraction of sp³-hybridized carbons (Fsp3) is 0.267. The van der Waals surface area contributed by atoms with E-state index in [0.29, 0.717) is 29.7 Å². The molecule has 0 atom stereocenters. The van der Waals surface area contributed by atoms with Crippen molar-refractivity contribution in [2.75, 3.05) is 26.4 Å². The van der Waals surface area contributed by atoms with Crippen LogP contribution in [0.1, 0.15) is 29.8 Å². The van der Waals surface area contributed by atoms with Gasteiger partial charge in [-0.2, -0.15) is 0 Å². The molecule has 3 aromatic heterocycles. The molecule has 0 radical (unpaired) electrons. The van der Waals surface area contributed by atoms with Crippen molar-refractivity contribution in [3.63, 3.8) is 0 Å². The maximum atomic E-state index is 14.2. The first kappa shape index (κ1) is 30.4. The SMILES string of the molecule is CN(C)CC(=O)O.Cc1ncc(COc2cc(F)cc(Oc3ccc(-c4cn(C(C)C)c5ncnc(N)c45)cc3)c2)s1. The Labute approximate surface area is 247 Å². The smallest absolute Gasteiger partial charge is 0.317 e. The summed E-state index contributed by atoms with van der Waals surface area (Å²) in [5, 5.41) is 9.82. The largest absolute Gasteiger partial charge is 0.488 e. The number of hydrogen-bond acceptors (Lipinski definition) is 9. The van der Waals surface area contributed by atoms with E-state index in [1.165, 1.54) is 18.5 Å². The number of ether oxygens (including phenoxy) is 2. The Kier molecular flexibility index (Phi) is 9.71. The lowest BCUT2D eigenvalue weighted by Crippen LogP contribution is -2.20. The molecule has 3 heterocycles. The Hall–Kier alpha value is -4.55. The summed E-state index contributed by atoms with van der Waals surface area (Å²) < 4.78 is 27.9. The van der Waals surface area contributed by atoms with Gasteiger partial charge in [-0.1, -0.05) is 12.1 Å². The lowest BCUT2D eigenvalue weighted by atomic mass is 10.1. The van der Waals surface area contributed by atoms with Crippen LogP contribution in [0, 0.1) is 12.7 Å². The lowest BCUT2D eigenvalue weighted by Gasteiger charge is -2.10. The third-order valence-corrected chi connectivity index (χ3v) is 6.83. The molecule has 42 heavy (non-hydrogen) atoms. The zero-order valence-corrected chi connectivity index (χ0v) is 24.9. The van der Waals surface area contributed by atoms with Gasteiger partial charge in [0, 0.05) is 42.2 Å². The minimum atomic E-state index is -0.787. The number of benzene rings is 2. The maximum Gasteiger partial charge on any atom is 0.317 e. The number of nitrogen functional groups attached to an aromatic ring is 1. The first-order chi connectivity index (χ1) is 20.0. The van der Waals surface area contributed by atoms with Gasteiger partial charge in [0.25, 0.3) is 0 Å². The van der Waals surface area contributed by atoms with E-state index in [9.17, 15) is 9.18 Å². The van der Waals surface area contributed by atoms with Gasteiger partial charge in [0.15, 0.2) is 0 Å². The standard InChI is InChI=1S/C26H24FN5O2S.C4H9NO2/c1-15(2)32-12-23(24-25(28)30-14-31-26(24)32)17-4-6-19(7-5-17)34-21-9-18(27)8-20(10-21)33-13-22-11-29-16(3)35-22;1-5(2)3-4(6)7/h4-12,14-15H,13H2,1-3H3,(H2,28,30,31);3H2,1-2H3,(H,6,7). The highest BCUT2D eigenvalue weighted by atomic mass is 32.1. The number of halogens is 1. The van der Waals surface area contributed by atoms with E-state index in [1.807, 2.05) is 37.4 Å². The van der Waals surface area contributed by atoms with Crippen molar-refractivity contribution in [1.82, 2.24) is 24.4 Å². The number of fused-ring (bicyclic) bond motifs is 1. The third kappa shape index (κ3) is 7.80. The Bertz CT molecular complexity index is 1670. The molecule has 0 fully saturated rings. The van der Waals surface area contributed by atoms with Crippen LogP contribution in [0.3, 0.4) is 0 Å². The molecule has 12 heteroatoms. The number of likely N-dealkylation sites (N-methyl/N-ethyl adjacent to an activating group) is 1. The van der Waals surface area contributed by atoms with Crippen LogP contribution < -0.4 is 15.2 Å². The van der Waals surface area contributed by atoms with E-state index in [1.54, 1.807) is 42.6 Å². The molecule has 0 aliphatic rings. The average Bonchev–Trinajstić information content (AvgIpc) is 3.52. The Morgan fingerprint density at radius 1 is 1.10 bits per heavy atom. The summed E-state index contributed by atoms with van der Waals surface area (Å²) in [6, 6.07) is 12.1. The summed E-state index contributed by atoms with van der Waals surface area (Å²) in [4.78, 5) is 25.1. The molecular formula is C30H33FN6O4S. The zero-order chi connectivity index (χ0) is 30.4. The number of thiazole rings is 1. The molecule has 3 N–H and O–H groups in total. The van der Waals surface area contributed by atoms with E-state index < -0.39 is 11.8 Å². The first-order valence-electron chi connectivity index (χ1n) is 13.1. The van der Waals surface area contributed by atoms with E-state index in [2.05, 4.69) is 33.4 Å². The van der Waals surface area contributed by atoms with Crippen LogP contribution in [0.4, 0.5) is 10.2 Å². The van der Waals surface area contributed by atoms with Gasteiger partial charge >= 0.3 is 5.97 Å². The van der Waals surface area contributed by atoms with E-state index >= 15 is 0 Å². The average molecular weight is 593 g/mol. The number of aryl methyl sites for hydroxylation is 1. The molecule has 0 saturated carbocycles. The highest BCUT2D eigenvalue weighted by Gasteiger charge is 2.16. The van der Waals surface area contributed by atoms with Crippen molar-refractivity contribution in [2.45, 2.75) is 33.4 Å². The molecular weight excluding hydrogens is 559 g/mol. The highest BCUT2D eigenvalue weighted by Crippen LogP contribution is 2.35. The summed E-state index contributed by atoms with van der Waals surface area (Å²) in [5.74, 6) is 0.518. The van der Waals surface area contributed by atoms with Gasteiger partial charge in [0.1, 0.15) is 47.5 Å². The molecule has 10 nitrogen and oxygen atoms in total. The molecule has 5 rings (SSSR count). The van der Waals surface area contributed by atoms with Crippen LogP contribution in [0.15, 0.2) is 61.2 Å². The van der Waals surface area contributed by atoms with Gasteiger partial charge in [-0.3, -0.25) is 9.69 Å². The second-order valence-electron chi connectivity index (χ2n) is 10.0. The Morgan fingerprint density at radius 2 is 1.81 bits per heavy atom. The summed E-state index contributed by atoms with van der Waals surface area (Å²) in [6.45, 7) is 6.54. The number of aliphatic carboxylic acids is 1. The van der Waals surface area contributed by atoms with Crippen LogP contribution in [0.25, 0.3) is 22.2 Å². The molecule has 0 aliphatic carbocycles. The van der Waals surface area contributed by atoms with Gasteiger partial charge in [-0.25, -0.2) is 19.3 Å². The molecule has 5 aromatic rings. The van der Waals surface area contributed by atoms with Gasteiger partial charge in [0.2, 0.25) is 0 Å². The number of aromatic nitrogens is 4. The van der Waals surface area contributed by atoms with Gasteiger partial charge in [-0.05, 0) is 52.6 Å². The fourth-order valence-electron chi connectivity index (χ4n) is 4.14. The molecule has 0 amide bonds. The first-order valence-corrected chi connectivity index (χ1v) is 13.9. The summed E-state index contributed by atoms with van der Waals surface area (Å²) in [6.07, 6.45) is 5.28. The van der Waals surface area contributed by atoms with Crippen LogP contribution in [0.5, 0.6) is 17.2 Å². The van der Waals surface area contributed by atoms with Crippen LogP contribution in [-0.2, 0) is 11.4 Å². The van der Waals surface area contributed by atoms with Gasteiger partial charge in [0.05, 0.1) is 21.8 Å². The molecule has 0 aliphatic heterocycles.